The average Bonchev–Trinajstić information content (AvgIpc) is 2.83. The maximum absolute atomic E-state index is 13.1. The molecule has 0 aromatic heterocycles. The summed E-state index contributed by atoms with van der Waals surface area (Å²) in [7, 11) is 0. The normalized spacial score (nSPS) is 14.8. The van der Waals surface area contributed by atoms with Gasteiger partial charge in [-0.2, -0.15) is 0 Å². The Hall–Kier alpha value is -3.91. The average molecular weight is 535 g/mol. The Labute approximate surface area is 211 Å². The summed E-state index contributed by atoms with van der Waals surface area (Å²) in [6.07, 6.45) is 1.43. The molecule has 178 valence electrons. The van der Waals surface area contributed by atoms with Crippen LogP contribution in [0.2, 0.25) is 0 Å². The number of nitrogens with zero attached hydrogens (tertiary/aromatic N) is 1. The SMILES string of the molecule is CCOc1cc(C=C2C(=O)NC(=O)N(c3ccc(Br)cc3)C2=O)ccc1OCc1ccc(C)cc1. The van der Waals surface area contributed by atoms with E-state index < -0.39 is 17.8 Å². The maximum Gasteiger partial charge on any atom is 0.335 e. The number of hydrogen-bond donors (Lipinski definition) is 1. The van der Waals surface area contributed by atoms with Crippen LogP contribution in [0.1, 0.15) is 23.6 Å². The van der Waals surface area contributed by atoms with E-state index >= 15 is 0 Å². The Morgan fingerprint density at radius 1 is 0.914 bits per heavy atom. The van der Waals surface area contributed by atoms with Gasteiger partial charge in [-0.1, -0.05) is 51.8 Å². The highest BCUT2D eigenvalue weighted by molar-refractivity contribution is 9.10. The molecule has 0 bridgehead atoms. The van der Waals surface area contributed by atoms with Crippen molar-refractivity contribution in [2.45, 2.75) is 20.5 Å². The number of imide groups is 2. The summed E-state index contributed by atoms with van der Waals surface area (Å²) in [5, 5.41) is 2.23. The predicted octanol–water partition coefficient (Wildman–Crippen LogP) is 5.40. The zero-order valence-corrected chi connectivity index (χ0v) is 20.8. The minimum atomic E-state index is -0.797. The summed E-state index contributed by atoms with van der Waals surface area (Å²) in [6.45, 7) is 4.66. The lowest BCUT2D eigenvalue weighted by Gasteiger charge is -2.26. The van der Waals surface area contributed by atoms with Crippen LogP contribution in [0.5, 0.6) is 11.5 Å². The van der Waals surface area contributed by atoms with Crippen molar-refractivity contribution in [3.05, 3.63) is 93.5 Å². The molecule has 1 aliphatic rings. The van der Waals surface area contributed by atoms with Crippen LogP contribution in [0.3, 0.4) is 0 Å². The number of amides is 4. The van der Waals surface area contributed by atoms with Crippen LogP contribution in [0.25, 0.3) is 6.08 Å². The van der Waals surface area contributed by atoms with E-state index in [2.05, 4.69) is 21.2 Å². The van der Waals surface area contributed by atoms with Crippen LogP contribution in [0, 0.1) is 6.92 Å². The van der Waals surface area contributed by atoms with Crippen molar-refractivity contribution in [3.63, 3.8) is 0 Å². The summed E-state index contributed by atoms with van der Waals surface area (Å²) in [4.78, 5) is 38.9. The number of aryl methyl sites for hydroxylation is 1. The van der Waals surface area contributed by atoms with Crippen LogP contribution in [0.4, 0.5) is 10.5 Å². The van der Waals surface area contributed by atoms with Crippen molar-refractivity contribution in [1.82, 2.24) is 5.32 Å². The van der Waals surface area contributed by atoms with Crippen LogP contribution < -0.4 is 19.7 Å². The number of nitrogens with one attached hydrogen (secondary N) is 1. The monoisotopic (exact) mass is 534 g/mol. The Morgan fingerprint density at radius 3 is 2.31 bits per heavy atom. The summed E-state index contributed by atoms with van der Waals surface area (Å²) in [6, 6.07) is 19.0. The molecular weight excluding hydrogens is 512 g/mol. The number of urea groups is 1. The highest BCUT2D eigenvalue weighted by atomic mass is 79.9. The zero-order chi connectivity index (χ0) is 24.9. The maximum atomic E-state index is 13.1. The van der Waals surface area contributed by atoms with E-state index in [1.807, 2.05) is 38.1 Å². The van der Waals surface area contributed by atoms with Gasteiger partial charge in [0.25, 0.3) is 11.8 Å². The van der Waals surface area contributed by atoms with E-state index in [0.29, 0.717) is 36.0 Å². The Bertz CT molecular complexity index is 1300. The fourth-order valence-corrected chi connectivity index (χ4v) is 3.76. The van der Waals surface area contributed by atoms with Crippen molar-refractivity contribution in [2.75, 3.05) is 11.5 Å². The lowest BCUT2D eigenvalue weighted by atomic mass is 10.1. The van der Waals surface area contributed by atoms with Crippen molar-refractivity contribution in [2.24, 2.45) is 0 Å². The molecule has 4 amide bonds. The number of ether oxygens (including phenoxy) is 2. The highest BCUT2D eigenvalue weighted by Gasteiger charge is 2.36. The Morgan fingerprint density at radius 2 is 1.63 bits per heavy atom. The molecule has 3 aromatic carbocycles. The molecule has 1 saturated heterocycles. The Kier molecular flexibility index (Phi) is 7.31. The van der Waals surface area contributed by atoms with Gasteiger partial charge in [0.1, 0.15) is 12.2 Å². The number of hydrogen-bond acceptors (Lipinski definition) is 5. The fraction of sp³-hybridized carbons (Fsp3) is 0.148. The third-order valence-electron chi connectivity index (χ3n) is 5.28. The number of anilines is 1. The number of carbonyl (C=O) groups excluding carboxylic acids is 3. The van der Waals surface area contributed by atoms with E-state index in [0.717, 1.165) is 14.9 Å². The van der Waals surface area contributed by atoms with Gasteiger partial charge in [0.05, 0.1) is 12.3 Å². The van der Waals surface area contributed by atoms with Gasteiger partial charge in [-0.25, -0.2) is 9.69 Å². The van der Waals surface area contributed by atoms with E-state index in [1.165, 1.54) is 11.6 Å². The fourth-order valence-electron chi connectivity index (χ4n) is 3.50. The molecule has 4 rings (SSSR count). The highest BCUT2D eigenvalue weighted by Crippen LogP contribution is 2.31. The molecule has 0 spiro atoms. The molecule has 35 heavy (non-hydrogen) atoms. The minimum Gasteiger partial charge on any atom is -0.490 e. The first-order valence-electron chi connectivity index (χ1n) is 11.0. The summed E-state index contributed by atoms with van der Waals surface area (Å²) in [5.41, 5.74) is 2.93. The molecule has 1 aliphatic heterocycles. The third kappa shape index (κ3) is 5.60. The molecule has 0 atom stereocenters. The molecular formula is C27H23BrN2O5. The van der Waals surface area contributed by atoms with Gasteiger partial charge < -0.3 is 9.47 Å². The second kappa shape index (κ2) is 10.6. The van der Waals surface area contributed by atoms with Gasteiger partial charge in [-0.15, -0.1) is 0 Å². The number of halogens is 1. The summed E-state index contributed by atoms with van der Waals surface area (Å²) < 4.78 is 12.5. The molecule has 1 fully saturated rings. The third-order valence-corrected chi connectivity index (χ3v) is 5.81. The minimum absolute atomic E-state index is 0.164. The van der Waals surface area contributed by atoms with Crippen molar-refractivity contribution in [1.29, 1.82) is 0 Å². The first kappa shape index (κ1) is 24.2. The topological polar surface area (TPSA) is 84.9 Å². The molecule has 0 radical (unpaired) electrons. The van der Waals surface area contributed by atoms with E-state index in [9.17, 15) is 14.4 Å². The van der Waals surface area contributed by atoms with E-state index in [-0.39, 0.29) is 5.57 Å². The van der Waals surface area contributed by atoms with Gasteiger partial charge >= 0.3 is 6.03 Å². The lowest BCUT2D eigenvalue weighted by molar-refractivity contribution is -0.122. The molecule has 7 nitrogen and oxygen atoms in total. The molecule has 0 unspecified atom stereocenters. The van der Waals surface area contributed by atoms with Gasteiger partial charge in [0, 0.05) is 4.47 Å². The summed E-state index contributed by atoms with van der Waals surface area (Å²) in [5.74, 6) is -0.441. The molecule has 3 aromatic rings. The van der Waals surface area contributed by atoms with Crippen LogP contribution in [-0.2, 0) is 16.2 Å². The van der Waals surface area contributed by atoms with E-state index in [1.54, 1.807) is 42.5 Å². The zero-order valence-electron chi connectivity index (χ0n) is 19.2. The second-order valence-electron chi connectivity index (χ2n) is 7.85. The quantitative estimate of drug-likeness (QED) is 0.324. The standard InChI is InChI=1S/C27H23BrN2O5/c1-3-34-24-15-19(8-13-23(24)35-16-18-6-4-17(2)5-7-18)14-22-25(31)29-27(33)30(26(22)32)21-11-9-20(28)10-12-21/h4-15H,3,16H2,1-2H3,(H,29,31,33). The lowest BCUT2D eigenvalue weighted by Crippen LogP contribution is -2.54. The first-order valence-corrected chi connectivity index (χ1v) is 11.8. The first-order chi connectivity index (χ1) is 16.9. The molecule has 1 N–H and O–H groups in total. The van der Waals surface area contributed by atoms with Crippen molar-refractivity contribution < 1.29 is 23.9 Å². The smallest absolute Gasteiger partial charge is 0.335 e. The second-order valence-corrected chi connectivity index (χ2v) is 8.76. The Balaban J connectivity index is 1.60. The number of barbiturate groups is 1. The van der Waals surface area contributed by atoms with Gasteiger partial charge in [0.15, 0.2) is 11.5 Å². The van der Waals surface area contributed by atoms with Crippen LogP contribution >= 0.6 is 15.9 Å². The number of benzene rings is 3. The number of carbonyl (C=O) groups is 3. The summed E-state index contributed by atoms with van der Waals surface area (Å²) >= 11 is 3.33. The van der Waals surface area contributed by atoms with E-state index in [4.69, 9.17) is 9.47 Å². The molecule has 8 heteroatoms. The van der Waals surface area contributed by atoms with Crippen LogP contribution in [0.15, 0.2) is 76.8 Å². The number of rotatable bonds is 7. The molecule has 1 heterocycles. The molecule has 0 aliphatic carbocycles. The van der Waals surface area contributed by atoms with Gasteiger partial charge in [-0.05, 0) is 67.4 Å². The van der Waals surface area contributed by atoms with Crippen molar-refractivity contribution >= 4 is 45.5 Å². The largest absolute Gasteiger partial charge is 0.490 e. The van der Waals surface area contributed by atoms with Gasteiger partial charge in [0.2, 0.25) is 0 Å². The van der Waals surface area contributed by atoms with Gasteiger partial charge in [-0.3, -0.25) is 14.9 Å². The van der Waals surface area contributed by atoms with Crippen molar-refractivity contribution in [3.8, 4) is 11.5 Å². The predicted molar refractivity (Wildman–Crippen MR) is 136 cm³/mol. The molecule has 0 saturated carbocycles. The van der Waals surface area contributed by atoms with Crippen LogP contribution in [-0.4, -0.2) is 24.5 Å².